The first-order valence-electron chi connectivity index (χ1n) is 5.17. The predicted octanol–water partition coefficient (Wildman–Crippen LogP) is 1.29. The minimum Gasteiger partial charge on any atom is -0.384 e. The monoisotopic (exact) mass is 214 g/mol. The maximum Gasteiger partial charge on any atom is 0.125 e. The number of nitrogens with two attached hydrogens (primary N) is 1. The van der Waals surface area contributed by atoms with Gasteiger partial charge in [-0.3, -0.25) is 4.99 Å². The number of amidine groups is 1. The molecular weight excluding hydrogens is 200 g/mol. The molecule has 1 heterocycles. The summed E-state index contributed by atoms with van der Waals surface area (Å²) in [6.07, 6.45) is 5.44. The van der Waals surface area contributed by atoms with Crippen molar-refractivity contribution in [1.29, 1.82) is 0 Å². The minimum absolute atomic E-state index is 0.584. The van der Waals surface area contributed by atoms with Crippen molar-refractivity contribution in [2.75, 3.05) is 6.54 Å². The van der Waals surface area contributed by atoms with Crippen molar-refractivity contribution >= 4 is 5.84 Å². The summed E-state index contributed by atoms with van der Waals surface area (Å²) in [5, 5.41) is 0. The van der Waals surface area contributed by atoms with Gasteiger partial charge in [-0.2, -0.15) is 0 Å². The van der Waals surface area contributed by atoms with E-state index in [1.165, 1.54) is 0 Å². The van der Waals surface area contributed by atoms with Gasteiger partial charge in [0.1, 0.15) is 5.84 Å². The summed E-state index contributed by atoms with van der Waals surface area (Å²) in [5.74, 6) is 0.584. The molecule has 4 nitrogen and oxygen atoms in total. The Labute approximate surface area is 94.5 Å². The largest absolute Gasteiger partial charge is 0.384 e. The van der Waals surface area contributed by atoms with Gasteiger partial charge in [0.05, 0.1) is 12.9 Å². The van der Waals surface area contributed by atoms with Crippen LogP contribution < -0.4 is 5.73 Å². The maximum atomic E-state index is 5.86. The molecule has 0 radical (unpaired) electrons. The quantitative estimate of drug-likeness (QED) is 0.616. The molecule has 0 fully saturated rings. The highest BCUT2D eigenvalue weighted by atomic mass is 15.0. The van der Waals surface area contributed by atoms with E-state index < -0.39 is 0 Å². The van der Waals surface area contributed by atoms with E-state index in [9.17, 15) is 0 Å². The Morgan fingerprint density at radius 3 is 2.81 bits per heavy atom. The van der Waals surface area contributed by atoms with Crippen molar-refractivity contribution in [3.63, 3.8) is 0 Å². The molecule has 1 aromatic heterocycles. The van der Waals surface area contributed by atoms with Crippen molar-refractivity contribution in [2.45, 2.75) is 6.54 Å². The molecule has 0 saturated heterocycles. The Bertz CT molecular complexity index is 445. The number of hydrogen-bond acceptors (Lipinski definition) is 2. The first-order valence-corrected chi connectivity index (χ1v) is 5.17. The molecule has 0 unspecified atom stereocenters. The third-order valence-electron chi connectivity index (χ3n) is 2.27. The fourth-order valence-electron chi connectivity index (χ4n) is 1.41. The summed E-state index contributed by atoms with van der Waals surface area (Å²) >= 11 is 0. The molecule has 82 valence electrons. The summed E-state index contributed by atoms with van der Waals surface area (Å²) in [4.78, 5) is 8.28. The van der Waals surface area contributed by atoms with E-state index in [4.69, 9.17) is 5.73 Å². The average Bonchev–Trinajstić information content (AvgIpc) is 2.83. The molecule has 16 heavy (non-hydrogen) atoms. The van der Waals surface area contributed by atoms with Crippen LogP contribution in [0, 0.1) is 0 Å². The van der Waals surface area contributed by atoms with E-state index in [1.807, 2.05) is 41.1 Å². The van der Waals surface area contributed by atoms with Gasteiger partial charge in [-0.15, -0.1) is 0 Å². The molecule has 4 heteroatoms. The number of imidazole rings is 1. The van der Waals surface area contributed by atoms with E-state index in [2.05, 4.69) is 9.98 Å². The number of benzene rings is 1. The highest BCUT2D eigenvalue weighted by Crippen LogP contribution is 1.97. The lowest BCUT2D eigenvalue weighted by molar-refractivity contribution is 0.708. The SMILES string of the molecule is NC(=NCCn1ccnc1)c1ccccc1. The van der Waals surface area contributed by atoms with E-state index in [0.29, 0.717) is 12.4 Å². The second-order valence-electron chi connectivity index (χ2n) is 3.43. The van der Waals surface area contributed by atoms with Gasteiger partial charge in [0.2, 0.25) is 0 Å². The summed E-state index contributed by atoms with van der Waals surface area (Å²) in [7, 11) is 0. The summed E-state index contributed by atoms with van der Waals surface area (Å²) in [6.45, 7) is 1.46. The molecular formula is C12H14N4. The number of aliphatic imine (C=N–C) groups is 1. The Balaban J connectivity index is 1.93. The summed E-state index contributed by atoms with van der Waals surface area (Å²) in [6, 6.07) is 9.77. The van der Waals surface area contributed by atoms with Gasteiger partial charge >= 0.3 is 0 Å². The van der Waals surface area contributed by atoms with Gasteiger partial charge in [-0.25, -0.2) is 4.98 Å². The maximum absolute atomic E-state index is 5.86. The molecule has 0 amide bonds. The van der Waals surface area contributed by atoms with Gasteiger partial charge in [0.25, 0.3) is 0 Å². The fourth-order valence-corrected chi connectivity index (χ4v) is 1.41. The molecule has 0 spiro atoms. The zero-order valence-corrected chi connectivity index (χ0v) is 8.95. The smallest absolute Gasteiger partial charge is 0.125 e. The van der Waals surface area contributed by atoms with Crippen LogP contribution in [0.25, 0.3) is 0 Å². The highest BCUT2D eigenvalue weighted by molar-refractivity contribution is 5.97. The molecule has 2 rings (SSSR count). The van der Waals surface area contributed by atoms with Crippen molar-refractivity contribution in [1.82, 2.24) is 9.55 Å². The van der Waals surface area contributed by atoms with Crippen LogP contribution in [-0.4, -0.2) is 21.9 Å². The van der Waals surface area contributed by atoms with Gasteiger partial charge in [0.15, 0.2) is 0 Å². The molecule has 2 N–H and O–H groups in total. The van der Waals surface area contributed by atoms with Crippen LogP contribution in [0.2, 0.25) is 0 Å². The summed E-state index contributed by atoms with van der Waals surface area (Å²) < 4.78 is 1.97. The Morgan fingerprint density at radius 1 is 1.31 bits per heavy atom. The minimum atomic E-state index is 0.584. The molecule has 0 aliphatic carbocycles. The van der Waals surface area contributed by atoms with Crippen molar-refractivity contribution in [2.24, 2.45) is 10.7 Å². The van der Waals surface area contributed by atoms with Crippen LogP contribution in [0.5, 0.6) is 0 Å². The zero-order chi connectivity index (χ0) is 11.2. The Hall–Kier alpha value is -2.10. The van der Waals surface area contributed by atoms with E-state index in [1.54, 1.807) is 12.5 Å². The van der Waals surface area contributed by atoms with Gasteiger partial charge in [-0.05, 0) is 0 Å². The van der Waals surface area contributed by atoms with Gasteiger partial charge in [0, 0.05) is 24.5 Å². The number of hydrogen-bond donors (Lipinski definition) is 1. The first kappa shape index (κ1) is 10.4. The average molecular weight is 214 g/mol. The summed E-state index contributed by atoms with van der Waals surface area (Å²) in [5.41, 5.74) is 6.83. The lowest BCUT2D eigenvalue weighted by Crippen LogP contribution is -2.14. The molecule has 0 atom stereocenters. The third-order valence-corrected chi connectivity index (χ3v) is 2.27. The highest BCUT2D eigenvalue weighted by Gasteiger charge is 1.95. The van der Waals surface area contributed by atoms with Gasteiger partial charge in [-0.1, -0.05) is 30.3 Å². The Kier molecular flexibility index (Phi) is 3.33. The van der Waals surface area contributed by atoms with Crippen molar-refractivity contribution < 1.29 is 0 Å². The van der Waals surface area contributed by atoms with Crippen LogP contribution >= 0.6 is 0 Å². The molecule has 0 aliphatic rings. The van der Waals surface area contributed by atoms with E-state index in [-0.39, 0.29) is 0 Å². The van der Waals surface area contributed by atoms with E-state index >= 15 is 0 Å². The molecule has 1 aromatic carbocycles. The van der Waals surface area contributed by atoms with Crippen LogP contribution in [0.15, 0.2) is 54.0 Å². The van der Waals surface area contributed by atoms with Crippen LogP contribution in [0.3, 0.4) is 0 Å². The molecule has 0 aliphatic heterocycles. The van der Waals surface area contributed by atoms with Gasteiger partial charge < -0.3 is 10.3 Å². The standard InChI is InChI=1S/C12H14N4/c13-12(11-4-2-1-3-5-11)15-7-9-16-8-6-14-10-16/h1-6,8,10H,7,9H2,(H2,13,15). The number of rotatable bonds is 4. The second-order valence-corrected chi connectivity index (χ2v) is 3.43. The normalized spacial score (nSPS) is 11.6. The lowest BCUT2D eigenvalue weighted by atomic mass is 10.2. The zero-order valence-electron chi connectivity index (χ0n) is 8.95. The van der Waals surface area contributed by atoms with E-state index in [0.717, 1.165) is 12.1 Å². The van der Waals surface area contributed by atoms with Crippen LogP contribution in [0.1, 0.15) is 5.56 Å². The second kappa shape index (κ2) is 5.11. The predicted molar refractivity (Wildman–Crippen MR) is 64.3 cm³/mol. The Morgan fingerprint density at radius 2 is 2.12 bits per heavy atom. The third kappa shape index (κ3) is 2.70. The first-order chi connectivity index (χ1) is 7.86. The molecule has 0 bridgehead atoms. The van der Waals surface area contributed by atoms with Crippen LogP contribution in [0.4, 0.5) is 0 Å². The van der Waals surface area contributed by atoms with Crippen LogP contribution in [-0.2, 0) is 6.54 Å². The molecule has 0 saturated carbocycles. The topological polar surface area (TPSA) is 56.2 Å². The van der Waals surface area contributed by atoms with Crippen molar-refractivity contribution in [3.05, 3.63) is 54.6 Å². The fraction of sp³-hybridized carbons (Fsp3) is 0.167. The van der Waals surface area contributed by atoms with Crippen molar-refractivity contribution in [3.8, 4) is 0 Å². The number of nitrogens with zero attached hydrogens (tertiary/aromatic N) is 3. The lowest BCUT2D eigenvalue weighted by Gasteiger charge is -2.01. The number of aromatic nitrogens is 2. The molecule has 2 aromatic rings.